The van der Waals surface area contributed by atoms with Crippen LogP contribution in [-0.4, -0.2) is 12.5 Å². The van der Waals surface area contributed by atoms with E-state index in [-0.39, 0.29) is 5.91 Å². The summed E-state index contributed by atoms with van der Waals surface area (Å²) in [5.74, 6) is 0.535. The van der Waals surface area contributed by atoms with Crippen LogP contribution in [-0.2, 0) is 11.3 Å². The molecule has 0 aliphatic carbocycles. The molecular formula is C21H28N2O. The first-order valence-electron chi connectivity index (χ1n) is 8.63. The molecule has 3 heteroatoms. The van der Waals surface area contributed by atoms with Gasteiger partial charge >= 0.3 is 0 Å². The number of amides is 1. The molecule has 0 saturated heterocycles. The maximum Gasteiger partial charge on any atom is 0.222 e. The Morgan fingerprint density at radius 3 is 2.42 bits per heavy atom. The van der Waals surface area contributed by atoms with Gasteiger partial charge in [0.15, 0.2) is 0 Å². The summed E-state index contributed by atoms with van der Waals surface area (Å²) < 4.78 is 0. The van der Waals surface area contributed by atoms with Gasteiger partial charge in [0.25, 0.3) is 0 Å². The number of carbonyl (C=O) groups excluding carboxylic acids is 1. The highest BCUT2D eigenvalue weighted by atomic mass is 16.1. The summed E-state index contributed by atoms with van der Waals surface area (Å²) in [5.41, 5.74) is 6.06. The Bertz CT molecular complexity index is 692. The minimum absolute atomic E-state index is 0.0745. The van der Waals surface area contributed by atoms with Gasteiger partial charge < -0.3 is 10.6 Å². The Labute approximate surface area is 145 Å². The molecule has 0 fully saturated rings. The average Bonchev–Trinajstić information content (AvgIpc) is 2.55. The normalized spacial score (nSPS) is 10.7. The van der Waals surface area contributed by atoms with E-state index in [9.17, 15) is 4.79 Å². The lowest BCUT2D eigenvalue weighted by Gasteiger charge is -2.17. The minimum Gasteiger partial charge on any atom is -0.384 e. The van der Waals surface area contributed by atoms with Gasteiger partial charge in [-0.25, -0.2) is 0 Å². The molecule has 2 aromatic carbocycles. The Balaban J connectivity index is 1.84. The molecule has 1 amide bonds. The summed E-state index contributed by atoms with van der Waals surface area (Å²) in [5, 5.41) is 6.44. The SMILES string of the molecule is Cc1ccccc1CNC(=O)CCNc1c(C)cccc1C(C)C. The molecule has 24 heavy (non-hydrogen) atoms. The van der Waals surface area contributed by atoms with Crippen molar-refractivity contribution in [1.82, 2.24) is 5.32 Å². The van der Waals surface area contributed by atoms with Crippen LogP contribution in [0.5, 0.6) is 0 Å². The number of aryl methyl sites for hydroxylation is 2. The second-order valence-electron chi connectivity index (χ2n) is 6.57. The fourth-order valence-electron chi connectivity index (χ4n) is 2.80. The predicted molar refractivity (Wildman–Crippen MR) is 101 cm³/mol. The van der Waals surface area contributed by atoms with E-state index >= 15 is 0 Å². The van der Waals surface area contributed by atoms with Crippen LogP contribution in [0.2, 0.25) is 0 Å². The third kappa shape index (κ3) is 4.85. The highest BCUT2D eigenvalue weighted by Crippen LogP contribution is 2.27. The first-order chi connectivity index (χ1) is 11.5. The molecule has 0 heterocycles. The predicted octanol–water partition coefficient (Wildman–Crippen LogP) is 4.55. The standard InChI is InChI=1S/C21H28N2O/c1-15(2)19-11-7-9-17(4)21(19)22-13-12-20(24)23-14-18-10-6-5-8-16(18)3/h5-11,15,22H,12-14H2,1-4H3,(H,23,24). The molecule has 0 bridgehead atoms. The molecule has 0 unspecified atom stereocenters. The van der Waals surface area contributed by atoms with Crippen molar-refractivity contribution in [3.63, 3.8) is 0 Å². The molecule has 3 nitrogen and oxygen atoms in total. The Morgan fingerprint density at radius 2 is 1.71 bits per heavy atom. The number of nitrogens with one attached hydrogen (secondary N) is 2. The highest BCUT2D eigenvalue weighted by molar-refractivity contribution is 5.76. The number of hydrogen-bond donors (Lipinski definition) is 2. The van der Waals surface area contributed by atoms with Crippen molar-refractivity contribution in [3.8, 4) is 0 Å². The van der Waals surface area contributed by atoms with Crippen LogP contribution in [0.3, 0.4) is 0 Å². The molecule has 0 aliphatic rings. The zero-order valence-corrected chi connectivity index (χ0v) is 15.1. The lowest BCUT2D eigenvalue weighted by molar-refractivity contribution is -0.121. The van der Waals surface area contributed by atoms with Crippen molar-refractivity contribution in [1.29, 1.82) is 0 Å². The molecular weight excluding hydrogens is 296 g/mol. The van der Waals surface area contributed by atoms with E-state index in [0.717, 1.165) is 0 Å². The van der Waals surface area contributed by atoms with Gasteiger partial charge in [0, 0.05) is 25.2 Å². The quantitative estimate of drug-likeness (QED) is 0.785. The summed E-state index contributed by atoms with van der Waals surface area (Å²) in [6.45, 7) is 9.78. The van der Waals surface area contributed by atoms with E-state index in [1.165, 1.54) is 27.9 Å². The van der Waals surface area contributed by atoms with Gasteiger partial charge in [-0.15, -0.1) is 0 Å². The maximum atomic E-state index is 12.1. The first kappa shape index (κ1) is 18.1. The molecule has 0 spiro atoms. The smallest absolute Gasteiger partial charge is 0.222 e. The van der Waals surface area contributed by atoms with Crippen LogP contribution >= 0.6 is 0 Å². The number of hydrogen-bond acceptors (Lipinski definition) is 2. The van der Waals surface area contributed by atoms with E-state index in [0.29, 0.717) is 25.4 Å². The van der Waals surface area contributed by atoms with Crippen LogP contribution < -0.4 is 10.6 Å². The number of benzene rings is 2. The molecule has 2 aromatic rings. The lowest BCUT2D eigenvalue weighted by atomic mass is 9.98. The van der Waals surface area contributed by atoms with Crippen LogP contribution in [0.1, 0.15) is 48.4 Å². The van der Waals surface area contributed by atoms with Crippen molar-refractivity contribution in [3.05, 3.63) is 64.7 Å². The van der Waals surface area contributed by atoms with Gasteiger partial charge in [0.05, 0.1) is 0 Å². The molecule has 0 aromatic heterocycles. The molecule has 0 radical (unpaired) electrons. The number of anilines is 1. The summed E-state index contributed by atoms with van der Waals surface area (Å²) in [6, 6.07) is 14.5. The van der Waals surface area contributed by atoms with Crippen LogP contribution in [0.4, 0.5) is 5.69 Å². The van der Waals surface area contributed by atoms with Crippen molar-refractivity contribution in [2.45, 2.75) is 46.6 Å². The molecule has 0 aliphatic heterocycles. The van der Waals surface area contributed by atoms with E-state index < -0.39 is 0 Å². The van der Waals surface area contributed by atoms with Crippen molar-refractivity contribution >= 4 is 11.6 Å². The molecule has 0 saturated carbocycles. The van der Waals surface area contributed by atoms with E-state index in [4.69, 9.17) is 0 Å². The third-order valence-corrected chi connectivity index (χ3v) is 4.32. The zero-order valence-electron chi connectivity index (χ0n) is 15.1. The molecule has 2 rings (SSSR count). The van der Waals surface area contributed by atoms with Crippen molar-refractivity contribution in [2.75, 3.05) is 11.9 Å². The van der Waals surface area contributed by atoms with Gasteiger partial charge in [-0.3, -0.25) is 4.79 Å². The topological polar surface area (TPSA) is 41.1 Å². The van der Waals surface area contributed by atoms with Crippen LogP contribution in [0.25, 0.3) is 0 Å². The van der Waals surface area contributed by atoms with E-state index in [2.05, 4.69) is 68.7 Å². The van der Waals surface area contributed by atoms with E-state index in [1.54, 1.807) is 0 Å². The fourth-order valence-corrected chi connectivity index (χ4v) is 2.80. The Morgan fingerprint density at radius 1 is 1.00 bits per heavy atom. The number of para-hydroxylation sites is 1. The zero-order chi connectivity index (χ0) is 17.5. The van der Waals surface area contributed by atoms with Crippen molar-refractivity contribution in [2.24, 2.45) is 0 Å². The van der Waals surface area contributed by atoms with Crippen molar-refractivity contribution < 1.29 is 4.79 Å². The van der Waals surface area contributed by atoms with Crippen LogP contribution in [0, 0.1) is 13.8 Å². The largest absolute Gasteiger partial charge is 0.384 e. The summed E-state index contributed by atoms with van der Waals surface area (Å²) in [7, 11) is 0. The van der Waals surface area contributed by atoms with Gasteiger partial charge in [0.1, 0.15) is 0 Å². The Hall–Kier alpha value is -2.29. The fraction of sp³-hybridized carbons (Fsp3) is 0.381. The van der Waals surface area contributed by atoms with Gasteiger partial charge in [-0.1, -0.05) is 56.3 Å². The lowest BCUT2D eigenvalue weighted by Crippen LogP contribution is -2.25. The number of rotatable bonds is 7. The average molecular weight is 324 g/mol. The van der Waals surface area contributed by atoms with Crippen LogP contribution in [0.15, 0.2) is 42.5 Å². The van der Waals surface area contributed by atoms with Gasteiger partial charge in [-0.2, -0.15) is 0 Å². The maximum absolute atomic E-state index is 12.1. The van der Waals surface area contributed by atoms with Gasteiger partial charge in [-0.05, 0) is 42.0 Å². The highest BCUT2D eigenvalue weighted by Gasteiger charge is 2.09. The van der Waals surface area contributed by atoms with E-state index in [1.807, 2.05) is 12.1 Å². The monoisotopic (exact) mass is 324 g/mol. The molecule has 2 N–H and O–H groups in total. The third-order valence-electron chi connectivity index (χ3n) is 4.32. The first-order valence-corrected chi connectivity index (χ1v) is 8.63. The Kier molecular flexibility index (Phi) is 6.42. The number of carbonyl (C=O) groups is 1. The summed E-state index contributed by atoms with van der Waals surface area (Å²) in [6.07, 6.45) is 0.470. The molecule has 0 atom stereocenters. The minimum atomic E-state index is 0.0745. The molecule has 128 valence electrons. The van der Waals surface area contributed by atoms with Gasteiger partial charge in [0.2, 0.25) is 5.91 Å². The summed E-state index contributed by atoms with van der Waals surface area (Å²) in [4.78, 5) is 12.1. The second kappa shape index (κ2) is 8.53. The summed E-state index contributed by atoms with van der Waals surface area (Å²) >= 11 is 0. The second-order valence-corrected chi connectivity index (χ2v) is 6.57.